The van der Waals surface area contributed by atoms with Gasteiger partial charge < -0.3 is 10.1 Å². The summed E-state index contributed by atoms with van der Waals surface area (Å²) in [6.07, 6.45) is 4.04. The number of nitrogens with zero attached hydrogens (tertiary/aromatic N) is 3. The molecule has 7 nitrogen and oxygen atoms in total. The van der Waals surface area contributed by atoms with Crippen LogP contribution in [0.1, 0.15) is 21.5 Å². The lowest BCUT2D eigenvalue weighted by Gasteiger charge is -2.14. The number of carbonyl (C=O) groups excluding carboxylic acids is 1. The largest absolute Gasteiger partial charge is 0.478 e. The average molecular weight is 487 g/mol. The summed E-state index contributed by atoms with van der Waals surface area (Å²) in [7, 11) is 0. The number of H-pyrrole nitrogens is 1. The van der Waals surface area contributed by atoms with Gasteiger partial charge in [-0.05, 0) is 54.0 Å². The summed E-state index contributed by atoms with van der Waals surface area (Å²) in [5.74, 6) is -1.09. The van der Waals surface area contributed by atoms with Crippen LogP contribution >= 0.6 is 24.0 Å². The van der Waals surface area contributed by atoms with Crippen LogP contribution in [0.4, 0.5) is 0 Å². The van der Waals surface area contributed by atoms with Gasteiger partial charge >= 0.3 is 5.97 Å². The third-order valence-electron chi connectivity index (χ3n) is 5.46. The molecular formula is C25H18N4O3S2. The normalized spacial score (nSPS) is 14.9. The Labute approximate surface area is 204 Å². The molecule has 0 atom stereocenters. The molecule has 9 heteroatoms. The zero-order chi connectivity index (χ0) is 23.7. The van der Waals surface area contributed by atoms with Gasteiger partial charge in [0, 0.05) is 12.1 Å². The van der Waals surface area contributed by atoms with Crippen LogP contribution in [0.5, 0.6) is 0 Å². The van der Waals surface area contributed by atoms with Gasteiger partial charge in [0.05, 0.1) is 28.0 Å². The van der Waals surface area contributed by atoms with Crippen LogP contribution in [0, 0.1) is 0 Å². The Kier molecular flexibility index (Phi) is 5.95. The number of carboxylic acids is 1. The van der Waals surface area contributed by atoms with Crippen molar-refractivity contribution in [3.8, 4) is 11.3 Å². The lowest BCUT2D eigenvalue weighted by atomic mass is 10.1. The third-order valence-corrected chi connectivity index (χ3v) is 6.84. The number of thioether (sulfide) groups is 1. The summed E-state index contributed by atoms with van der Waals surface area (Å²) >= 11 is 6.73. The van der Waals surface area contributed by atoms with Gasteiger partial charge in [-0.25, -0.2) is 14.8 Å². The Bertz CT molecular complexity index is 1460. The average Bonchev–Trinajstić information content (AvgIpc) is 3.41. The van der Waals surface area contributed by atoms with Crippen molar-refractivity contribution in [3.63, 3.8) is 0 Å². The van der Waals surface area contributed by atoms with Gasteiger partial charge in [0.1, 0.15) is 4.32 Å². The molecule has 1 saturated heterocycles. The Morgan fingerprint density at radius 2 is 1.97 bits per heavy atom. The molecule has 0 saturated carbocycles. The number of aromatic carboxylic acids is 1. The second-order valence-corrected chi connectivity index (χ2v) is 9.36. The number of amides is 1. The SMILES string of the molecule is O=C(O)c1ccc(CCN2C(=O)/C(=C/c3cccc(-c4ccc5[nH]cnc5n4)c3)SC2=S)cc1. The first-order valence-corrected chi connectivity index (χ1v) is 11.7. The summed E-state index contributed by atoms with van der Waals surface area (Å²) in [5, 5.41) is 9.03. The van der Waals surface area contributed by atoms with E-state index < -0.39 is 5.97 Å². The molecule has 0 aliphatic carbocycles. The first-order valence-electron chi connectivity index (χ1n) is 10.5. The molecule has 0 radical (unpaired) electrons. The van der Waals surface area contributed by atoms with E-state index in [2.05, 4.69) is 15.0 Å². The maximum Gasteiger partial charge on any atom is 0.335 e. The number of benzene rings is 2. The molecule has 4 aromatic rings. The van der Waals surface area contributed by atoms with Crippen molar-refractivity contribution in [3.05, 3.63) is 88.6 Å². The Hall–Kier alpha value is -3.82. The first-order chi connectivity index (χ1) is 16.5. The van der Waals surface area contributed by atoms with E-state index in [9.17, 15) is 9.59 Å². The molecule has 0 spiro atoms. The predicted octanol–water partition coefficient (Wildman–Crippen LogP) is 4.77. The number of nitrogens with one attached hydrogen (secondary N) is 1. The van der Waals surface area contributed by atoms with Crippen molar-refractivity contribution >= 4 is 57.4 Å². The second-order valence-electron chi connectivity index (χ2n) is 7.68. The molecule has 0 unspecified atom stereocenters. The van der Waals surface area contributed by atoms with Gasteiger partial charge in [-0.15, -0.1) is 0 Å². The van der Waals surface area contributed by atoms with Crippen molar-refractivity contribution in [1.29, 1.82) is 0 Å². The second kappa shape index (κ2) is 9.20. The zero-order valence-electron chi connectivity index (χ0n) is 17.8. The fourth-order valence-corrected chi connectivity index (χ4v) is 4.98. The molecule has 3 heterocycles. The van der Waals surface area contributed by atoms with Gasteiger partial charge in [0.25, 0.3) is 5.91 Å². The fraction of sp³-hybridized carbons (Fsp3) is 0.0800. The van der Waals surface area contributed by atoms with Crippen molar-refractivity contribution in [2.75, 3.05) is 6.54 Å². The maximum atomic E-state index is 13.0. The van der Waals surface area contributed by atoms with E-state index >= 15 is 0 Å². The van der Waals surface area contributed by atoms with E-state index in [1.165, 1.54) is 11.8 Å². The molecule has 1 fully saturated rings. The molecule has 34 heavy (non-hydrogen) atoms. The Morgan fingerprint density at radius 1 is 1.15 bits per heavy atom. The van der Waals surface area contributed by atoms with Crippen LogP contribution in [0.2, 0.25) is 0 Å². The van der Waals surface area contributed by atoms with Crippen molar-refractivity contribution in [1.82, 2.24) is 19.9 Å². The van der Waals surface area contributed by atoms with Gasteiger partial charge in [0.2, 0.25) is 0 Å². The third kappa shape index (κ3) is 4.48. The quantitative estimate of drug-likeness (QED) is 0.299. The highest BCUT2D eigenvalue weighted by molar-refractivity contribution is 8.26. The number of aromatic nitrogens is 3. The van der Waals surface area contributed by atoms with Crippen LogP contribution in [0.15, 0.2) is 71.9 Å². The molecule has 1 aliphatic rings. The summed E-state index contributed by atoms with van der Waals surface area (Å²) in [5.41, 5.74) is 5.32. The number of rotatable bonds is 6. The molecule has 168 valence electrons. The van der Waals surface area contributed by atoms with Crippen molar-refractivity contribution < 1.29 is 14.7 Å². The first kappa shape index (κ1) is 22.0. The lowest BCUT2D eigenvalue weighted by molar-refractivity contribution is -0.122. The number of carbonyl (C=O) groups is 2. The standard InChI is InChI=1S/C25H18N4O3S2/c30-23-21(34-25(33)29(23)11-10-15-4-6-17(7-5-15)24(31)32)13-16-2-1-3-18(12-16)19-8-9-20-22(28-19)27-14-26-20/h1-9,12-14H,10-11H2,(H,31,32)(H,26,27,28)/b21-13-. The van der Waals surface area contributed by atoms with Crippen molar-refractivity contribution in [2.24, 2.45) is 0 Å². The monoisotopic (exact) mass is 486 g/mol. The minimum absolute atomic E-state index is 0.126. The number of hydrogen-bond donors (Lipinski definition) is 2. The van der Waals surface area contributed by atoms with E-state index in [-0.39, 0.29) is 11.5 Å². The minimum Gasteiger partial charge on any atom is -0.478 e. The van der Waals surface area contributed by atoms with E-state index in [0.717, 1.165) is 27.9 Å². The number of carboxylic acid groups (broad SMARTS) is 1. The molecule has 2 aromatic heterocycles. The topological polar surface area (TPSA) is 99.2 Å². The van der Waals surface area contributed by atoms with E-state index in [1.807, 2.05) is 42.5 Å². The molecule has 1 amide bonds. The molecular weight excluding hydrogens is 468 g/mol. The van der Waals surface area contributed by atoms with Gasteiger partial charge in [-0.3, -0.25) is 9.69 Å². The summed E-state index contributed by atoms with van der Waals surface area (Å²) in [4.78, 5) is 38.0. The van der Waals surface area contributed by atoms with Crippen LogP contribution in [0.3, 0.4) is 0 Å². The highest BCUT2D eigenvalue weighted by Crippen LogP contribution is 2.33. The number of aromatic amines is 1. The highest BCUT2D eigenvalue weighted by atomic mass is 32.2. The van der Waals surface area contributed by atoms with Crippen LogP contribution in [0.25, 0.3) is 28.5 Å². The molecule has 1 aliphatic heterocycles. The molecule has 0 bridgehead atoms. The number of imidazole rings is 1. The number of pyridine rings is 1. The van der Waals surface area contributed by atoms with Crippen LogP contribution in [-0.2, 0) is 11.2 Å². The summed E-state index contributed by atoms with van der Waals surface area (Å²) in [6.45, 7) is 0.433. The smallest absolute Gasteiger partial charge is 0.335 e. The number of fused-ring (bicyclic) bond motifs is 1. The zero-order valence-corrected chi connectivity index (χ0v) is 19.4. The Morgan fingerprint density at radius 3 is 2.76 bits per heavy atom. The Balaban J connectivity index is 1.31. The van der Waals surface area contributed by atoms with E-state index in [1.54, 1.807) is 35.5 Å². The maximum absolute atomic E-state index is 13.0. The minimum atomic E-state index is -0.963. The highest BCUT2D eigenvalue weighted by Gasteiger charge is 2.31. The number of hydrogen-bond acceptors (Lipinski definition) is 6. The van der Waals surface area contributed by atoms with Gasteiger partial charge in [-0.1, -0.05) is 54.3 Å². The van der Waals surface area contributed by atoms with Crippen LogP contribution in [-0.4, -0.2) is 47.7 Å². The molecule has 5 rings (SSSR count). The summed E-state index contributed by atoms with van der Waals surface area (Å²) in [6, 6.07) is 18.3. The lowest BCUT2D eigenvalue weighted by Crippen LogP contribution is -2.30. The fourth-order valence-electron chi connectivity index (χ4n) is 3.67. The van der Waals surface area contributed by atoms with Gasteiger partial charge in [0.15, 0.2) is 5.65 Å². The van der Waals surface area contributed by atoms with Gasteiger partial charge in [-0.2, -0.15) is 0 Å². The predicted molar refractivity (Wildman–Crippen MR) is 136 cm³/mol. The summed E-state index contributed by atoms with van der Waals surface area (Å²) < 4.78 is 0.514. The van der Waals surface area contributed by atoms with E-state index in [0.29, 0.717) is 27.8 Å². The molecule has 2 aromatic carbocycles. The molecule has 2 N–H and O–H groups in total. The van der Waals surface area contributed by atoms with Crippen LogP contribution < -0.4 is 0 Å². The van der Waals surface area contributed by atoms with Crippen molar-refractivity contribution in [2.45, 2.75) is 6.42 Å². The van der Waals surface area contributed by atoms with E-state index in [4.69, 9.17) is 17.3 Å². The number of thiocarbonyl (C=S) groups is 1.